The molecule has 10 heteroatoms. The standard InChI is InChI=1S/C16H13FN2O5S2/c17-11-3-1-2-10(6-11)7-13-15(21)19(16(22)25-13)8-14(20)18-12-4-5-26(23,24)9-12/h1-7,12H,8-9H2,(H,18,20). The van der Waals surface area contributed by atoms with E-state index in [0.29, 0.717) is 17.3 Å². The molecule has 1 atom stereocenters. The predicted molar refractivity (Wildman–Crippen MR) is 93.9 cm³/mol. The highest BCUT2D eigenvalue weighted by atomic mass is 32.2. The molecule has 7 nitrogen and oxygen atoms in total. The molecule has 3 amide bonds. The molecule has 136 valence electrons. The maximum Gasteiger partial charge on any atom is 0.294 e. The molecule has 0 aromatic heterocycles. The molecule has 26 heavy (non-hydrogen) atoms. The number of benzene rings is 1. The molecule has 2 heterocycles. The molecule has 0 radical (unpaired) electrons. The van der Waals surface area contributed by atoms with Gasteiger partial charge in [-0.3, -0.25) is 19.3 Å². The van der Waals surface area contributed by atoms with Gasteiger partial charge in [0.25, 0.3) is 11.1 Å². The fourth-order valence-corrected chi connectivity index (χ4v) is 4.52. The van der Waals surface area contributed by atoms with Crippen LogP contribution < -0.4 is 5.32 Å². The Morgan fingerprint density at radius 2 is 2.15 bits per heavy atom. The lowest BCUT2D eigenvalue weighted by molar-refractivity contribution is -0.129. The van der Waals surface area contributed by atoms with Crippen molar-refractivity contribution >= 4 is 44.7 Å². The van der Waals surface area contributed by atoms with Crippen LogP contribution in [0.25, 0.3) is 6.08 Å². The number of sulfone groups is 1. The molecule has 1 saturated heterocycles. The molecule has 1 aromatic carbocycles. The van der Waals surface area contributed by atoms with Crippen LogP contribution in [0.4, 0.5) is 9.18 Å². The average Bonchev–Trinajstić information content (AvgIpc) is 3.01. The number of thioether (sulfide) groups is 1. The van der Waals surface area contributed by atoms with Crippen LogP contribution in [0.1, 0.15) is 5.56 Å². The zero-order valence-electron chi connectivity index (χ0n) is 13.2. The first-order valence-corrected chi connectivity index (χ1v) is 9.98. The highest BCUT2D eigenvalue weighted by Gasteiger charge is 2.36. The van der Waals surface area contributed by atoms with E-state index in [2.05, 4.69) is 5.32 Å². The third-order valence-corrected chi connectivity index (χ3v) is 5.90. The Balaban J connectivity index is 1.66. The third kappa shape index (κ3) is 4.20. The molecular weight excluding hydrogens is 383 g/mol. The van der Waals surface area contributed by atoms with E-state index in [4.69, 9.17) is 0 Å². The molecular formula is C16H13FN2O5S2. The highest BCUT2D eigenvalue weighted by Crippen LogP contribution is 2.32. The summed E-state index contributed by atoms with van der Waals surface area (Å²) in [5, 5.41) is 2.84. The summed E-state index contributed by atoms with van der Waals surface area (Å²) in [5.41, 5.74) is 0.418. The summed E-state index contributed by atoms with van der Waals surface area (Å²) in [6, 6.07) is 4.84. The summed E-state index contributed by atoms with van der Waals surface area (Å²) in [7, 11) is -3.32. The molecule has 2 aliphatic rings. The summed E-state index contributed by atoms with van der Waals surface area (Å²) in [6.45, 7) is -0.518. The van der Waals surface area contributed by atoms with Crippen molar-refractivity contribution in [2.45, 2.75) is 6.04 Å². The van der Waals surface area contributed by atoms with Crippen molar-refractivity contribution in [1.82, 2.24) is 10.2 Å². The molecule has 0 bridgehead atoms. The van der Waals surface area contributed by atoms with Crippen LogP contribution in [0.15, 0.2) is 40.7 Å². The molecule has 0 aliphatic carbocycles. The zero-order valence-corrected chi connectivity index (χ0v) is 14.8. The second kappa shape index (κ2) is 7.04. The van der Waals surface area contributed by atoms with Gasteiger partial charge in [0.1, 0.15) is 12.4 Å². The number of halogens is 1. The van der Waals surface area contributed by atoms with Gasteiger partial charge in [0.2, 0.25) is 5.91 Å². The van der Waals surface area contributed by atoms with Gasteiger partial charge >= 0.3 is 0 Å². The molecule has 3 rings (SSSR count). The van der Waals surface area contributed by atoms with Crippen molar-refractivity contribution in [1.29, 1.82) is 0 Å². The molecule has 1 aromatic rings. The van der Waals surface area contributed by atoms with E-state index in [9.17, 15) is 27.2 Å². The number of rotatable bonds is 4. The average molecular weight is 396 g/mol. The van der Waals surface area contributed by atoms with E-state index in [1.54, 1.807) is 6.07 Å². The maximum atomic E-state index is 13.2. The van der Waals surface area contributed by atoms with Crippen molar-refractivity contribution in [3.05, 3.63) is 52.0 Å². The van der Waals surface area contributed by atoms with Gasteiger partial charge in [0.05, 0.1) is 16.7 Å². The lowest BCUT2D eigenvalue weighted by Gasteiger charge is -2.14. The number of amides is 3. The Labute approximate surface area is 152 Å². The number of carbonyl (C=O) groups is 3. The summed E-state index contributed by atoms with van der Waals surface area (Å²) in [6.07, 6.45) is 2.71. The predicted octanol–water partition coefficient (Wildman–Crippen LogP) is 1.29. The van der Waals surface area contributed by atoms with Crippen LogP contribution in [0.2, 0.25) is 0 Å². The number of hydrogen-bond acceptors (Lipinski definition) is 6. The minimum atomic E-state index is -3.32. The van der Waals surface area contributed by atoms with Crippen molar-refractivity contribution < 1.29 is 27.2 Å². The third-order valence-electron chi connectivity index (χ3n) is 3.60. The highest BCUT2D eigenvalue weighted by molar-refractivity contribution is 8.18. The molecule has 1 unspecified atom stereocenters. The van der Waals surface area contributed by atoms with E-state index in [0.717, 1.165) is 10.3 Å². The molecule has 1 fully saturated rings. The lowest BCUT2D eigenvalue weighted by atomic mass is 10.2. The first kappa shape index (κ1) is 18.3. The van der Waals surface area contributed by atoms with Crippen LogP contribution in [-0.4, -0.2) is 48.7 Å². The van der Waals surface area contributed by atoms with Crippen molar-refractivity contribution in [2.24, 2.45) is 0 Å². The van der Waals surface area contributed by atoms with Crippen molar-refractivity contribution in [3.63, 3.8) is 0 Å². The van der Waals surface area contributed by atoms with Gasteiger partial charge in [-0.25, -0.2) is 12.8 Å². The first-order valence-electron chi connectivity index (χ1n) is 7.45. The first-order chi connectivity index (χ1) is 12.2. The Morgan fingerprint density at radius 1 is 1.38 bits per heavy atom. The van der Waals surface area contributed by atoms with E-state index >= 15 is 0 Å². The van der Waals surface area contributed by atoms with Crippen LogP contribution in [0.5, 0.6) is 0 Å². The summed E-state index contributed by atoms with van der Waals surface area (Å²) in [5.74, 6) is -2.03. The van der Waals surface area contributed by atoms with Crippen LogP contribution in [-0.2, 0) is 19.4 Å². The fraction of sp³-hybridized carbons (Fsp3) is 0.188. The summed E-state index contributed by atoms with van der Waals surface area (Å²) < 4.78 is 35.8. The lowest BCUT2D eigenvalue weighted by Crippen LogP contribution is -2.43. The Morgan fingerprint density at radius 3 is 2.81 bits per heavy atom. The quantitative estimate of drug-likeness (QED) is 0.770. The van der Waals surface area contributed by atoms with Crippen molar-refractivity contribution in [2.75, 3.05) is 12.3 Å². The van der Waals surface area contributed by atoms with E-state index in [-0.39, 0.29) is 10.7 Å². The molecule has 1 N–H and O–H groups in total. The van der Waals surface area contributed by atoms with E-state index in [1.807, 2.05) is 0 Å². The normalized spacial score (nSPS) is 23.0. The van der Waals surface area contributed by atoms with Crippen LogP contribution >= 0.6 is 11.8 Å². The molecule has 2 aliphatic heterocycles. The second-order valence-corrected chi connectivity index (χ2v) is 8.58. The van der Waals surface area contributed by atoms with E-state index in [1.165, 1.54) is 30.4 Å². The molecule has 0 spiro atoms. The minimum Gasteiger partial charge on any atom is -0.347 e. The van der Waals surface area contributed by atoms with Crippen LogP contribution in [0, 0.1) is 5.82 Å². The topological polar surface area (TPSA) is 101 Å². The number of imide groups is 1. The van der Waals surface area contributed by atoms with Crippen LogP contribution in [0.3, 0.4) is 0 Å². The van der Waals surface area contributed by atoms with Gasteiger partial charge in [-0.1, -0.05) is 12.1 Å². The monoisotopic (exact) mass is 396 g/mol. The SMILES string of the molecule is O=C(CN1C(=O)SC(=Cc2cccc(F)c2)C1=O)NC1C=CS(=O)(=O)C1. The zero-order chi connectivity index (χ0) is 18.9. The summed E-state index contributed by atoms with van der Waals surface area (Å²) >= 11 is 0.653. The van der Waals surface area contributed by atoms with Gasteiger partial charge in [-0.2, -0.15) is 0 Å². The molecule has 0 saturated carbocycles. The minimum absolute atomic E-state index is 0.0803. The number of hydrogen-bond donors (Lipinski definition) is 1. The number of nitrogens with zero attached hydrogens (tertiary/aromatic N) is 1. The number of nitrogens with one attached hydrogen (secondary N) is 1. The van der Waals surface area contributed by atoms with Gasteiger partial charge in [0.15, 0.2) is 9.84 Å². The maximum absolute atomic E-state index is 13.2. The fourth-order valence-electron chi connectivity index (χ4n) is 2.45. The van der Waals surface area contributed by atoms with Gasteiger partial charge < -0.3 is 5.32 Å². The number of carbonyl (C=O) groups excluding carboxylic acids is 3. The Bertz CT molecular complexity index is 955. The second-order valence-electron chi connectivity index (χ2n) is 5.65. The van der Waals surface area contributed by atoms with Gasteiger partial charge in [-0.15, -0.1) is 0 Å². The van der Waals surface area contributed by atoms with E-state index < -0.39 is 45.3 Å². The largest absolute Gasteiger partial charge is 0.347 e. The smallest absolute Gasteiger partial charge is 0.294 e. The summed E-state index contributed by atoms with van der Waals surface area (Å²) in [4.78, 5) is 37.1. The Kier molecular flexibility index (Phi) is 4.97. The van der Waals surface area contributed by atoms with Gasteiger partial charge in [0, 0.05) is 5.41 Å². The Hall–Kier alpha value is -2.46. The van der Waals surface area contributed by atoms with Crippen molar-refractivity contribution in [3.8, 4) is 0 Å². The van der Waals surface area contributed by atoms with Gasteiger partial charge in [-0.05, 0) is 41.6 Å².